The van der Waals surface area contributed by atoms with Crippen LogP contribution in [0.4, 0.5) is 5.69 Å². The largest absolute Gasteiger partial charge is 0.457 e. The molecule has 0 bridgehead atoms. The summed E-state index contributed by atoms with van der Waals surface area (Å²) >= 11 is 12.6. The Hall–Kier alpha value is -3.80. The summed E-state index contributed by atoms with van der Waals surface area (Å²) in [4.78, 5) is 20.7. The standard InChI is InChI=1S/C26H17Cl2N3O2/c27-20-10-5-11-21(28)24(20)25-30-22-13-12-16(14-23(22)31-25)26(32)29-17-6-4-9-19(15-17)33-18-7-2-1-3-8-18/h1-15H,(H,29,32)(H,30,31). The Kier molecular flexibility index (Phi) is 5.73. The van der Waals surface area contributed by atoms with E-state index in [1.165, 1.54) is 0 Å². The molecule has 0 aliphatic heterocycles. The molecule has 1 heterocycles. The third-order valence-electron chi connectivity index (χ3n) is 5.01. The fraction of sp³-hybridized carbons (Fsp3) is 0. The molecular weight excluding hydrogens is 457 g/mol. The molecule has 0 saturated carbocycles. The van der Waals surface area contributed by atoms with Crippen molar-refractivity contribution in [3.63, 3.8) is 0 Å². The van der Waals surface area contributed by atoms with Crippen LogP contribution in [0.5, 0.6) is 11.5 Å². The normalized spacial score (nSPS) is 10.8. The van der Waals surface area contributed by atoms with Crippen LogP contribution in [0.2, 0.25) is 10.0 Å². The molecule has 0 spiro atoms. The van der Waals surface area contributed by atoms with Crippen LogP contribution in [0.15, 0.2) is 91.0 Å². The van der Waals surface area contributed by atoms with E-state index in [2.05, 4.69) is 15.3 Å². The highest BCUT2D eigenvalue weighted by atomic mass is 35.5. The van der Waals surface area contributed by atoms with Crippen LogP contribution in [-0.2, 0) is 0 Å². The third kappa shape index (κ3) is 4.55. The van der Waals surface area contributed by atoms with Crippen molar-refractivity contribution in [1.82, 2.24) is 9.97 Å². The summed E-state index contributed by atoms with van der Waals surface area (Å²) in [5, 5.41) is 3.91. The molecule has 33 heavy (non-hydrogen) atoms. The molecule has 2 N–H and O–H groups in total. The number of H-pyrrole nitrogens is 1. The van der Waals surface area contributed by atoms with Crippen molar-refractivity contribution in [3.8, 4) is 22.9 Å². The van der Waals surface area contributed by atoms with Crippen LogP contribution in [0.1, 0.15) is 10.4 Å². The molecule has 0 aliphatic carbocycles. The van der Waals surface area contributed by atoms with Gasteiger partial charge in [0.1, 0.15) is 17.3 Å². The van der Waals surface area contributed by atoms with Gasteiger partial charge in [-0.3, -0.25) is 4.79 Å². The second kappa shape index (κ2) is 8.98. The molecule has 1 aromatic heterocycles. The quantitative estimate of drug-likeness (QED) is 0.276. The number of aromatic amines is 1. The molecule has 5 rings (SSSR count). The number of amides is 1. The minimum atomic E-state index is -0.249. The minimum absolute atomic E-state index is 0.249. The first kappa shape index (κ1) is 21.1. The van der Waals surface area contributed by atoms with Crippen LogP contribution in [0.3, 0.4) is 0 Å². The highest BCUT2D eigenvalue weighted by Gasteiger charge is 2.14. The number of hydrogen-bond acceptors (Lipinski definition) is 3. The molecule has 0 unspecified atom stereocenters. The van der Waals surface area contributed by atoms with E-state index in [9.17, 15) is 4.79 Å². The van der Waals surface area contributed by atoms with Crippen molar-refractivity contribution in [3.05, 3.63) is 107 Å². The van der Waals surface area contributed by atoms with Crippen molar-refractivity contribution in [2.45, 2.75) is 0 Å². The Morgan fingerprint density at radius 3 is 2.33 bits per heavy atom. The maximum atomic E-state index is 12.9. The minimum Gasteiger partial charge on any atom is -0.457 e. The predicted octanol–water partition coefficient (Wildman–Crippen LogP) is 7.58. The zero-order valence-electron chi connectivity index (χ0n) is 17.2. The van der Waals surface area contributed by atoms with Gasteiger partial charge in [0.25, 0.3) is 5.91 Å². The number of nitrogens with zero attached hydrogens (tertiary/aromatic N) is 1. The molecule has 0 atom stereocenters. The van der Waals surface area contributed by atoms with Gasteiger partial charge in [0.15, 0.2) is 0 Å². The second-order valence-corrected chi connectivity index (χ2v) is 8.13. The fourth-order valence-corrected chi connectivity index (χ4v) is 4.03. The number of benzene rings is 4. The molecule has 4 aromatic carbocycles. The van der Waals surface area contributed by atoms with Crippen LogP contribution >= 0.6 is 23.2 Å². The first-order valence-electron chi connectivity index (χ1n) is 10.2. The predicted molar refractivity (Wildman–Crippen MR) is 132 cm³/mol. The van der Waals surface area contributed by atoms with E-state index in [4.69, 9.17) is 27.9 Å². The highest BCUT2D eigenvalue weighted by molar-refractivity contribution is 6.39. The molecular formula is C26H17Cl2N3O2. The van der Waals surface area contributed by atoms with Crippen molar-refractivity contribution in [2.24, 2.45) is 0 Å². The first-order valence-corrected chi connectivity index (χ1v) is 10.9. The maximum absolute atomic E-state index is 12.9. The van der Waals surface area contributed by atoms with Crippen LogP contribution in [0, 0.1) is 0 Å². The van der Waals surface area contributed by atoms with Gasteiger partial charge in [0.05, 0.1) is 26.6 Å². The summed E-state index contributed by atoms with van der Waals surface area (Å²) in [6.07, 6.45) is 0. The number of carbonyl (C=O) groups excluding carboxylic acids is 1. The van der Waals surface area contributed by atoms with Crippen LogP contribution < -0.4 is 10.1 Å². The van der Waals surface area contributed by atoms with Crippen molar-refractivity contribution < 1.29 is 9.53 Å². The van der Waals surface area contributed by atoms with Gasteiger partial charge in [0, 0.05) is 17.3 Å². The number of para-hydroxylation sites is 1. The second-order valence-electron chi connectivity index (χ2n) is 7.31. The number of imidazole rings is 1. The summed E-state index contributed by atoms with van der Waals surface area (Å²) in [5.74, 6) is 1.65. The third-order valence-corrected chi connectivity index (χ3v) is 5.64. The van der Waals surface area contributed by atoms with Gasteiger partial charge < -0.3 is 15.0 Å². The number of ether oxygens (including phenoxy) is 1. The van der Waals surface area contributed by atoms with Gasteiger partial charge in [-0.2, -0.15) is 0 Å². The van der Waals surface area contributed by atoms with E-state index < -0.39 is 0 Å². The number of hydrogen-bond donors (Lipinski definition) is 2. The Morgan fingerprint density at radius 1 is 0.818 bits per heavy atom. The summed E-state index contributed by atoms with van der Waals surface area (Å²) < 4.78 is 5.84. The van der Waals surface area contributed by atoms with Gasteiger partial charge in [0.2, 0.25) is 0 Å². The Bertz CT molecular complexity index is 1450. The van der Waals surface area contributed by atoms with Crippen LogP contribution in [-0.4, -0.2) is 15.9 Å². The molecule has 0 radical (unpaired) electrons. The lowest BCUT2D eigenvalue weighted by Gasteiger charge is -2.09. The average Bonchev–Trinajstić information content (AvgIpc) is 3.22. The molecule has 1 amide bonds. The van der Waals surface area contributed by atoms with Crippen molar-refractivity contribution in [2.75, 3.05) is 5.32 Å². The van der Waals surface area contributed by atoms with E-state index in [0.29, 0.717) is 49.5 Å². The molecule has 7 heteroatoms. The summed E-state index contributed by atoms with van der Waals surface area (Å²) in [5.41, 5.74) is 3.14. The van der Waals surface area contributed by atoms with Crippen LogP contribution in [0.25, 0.3) is 22.4 Å². The van der Waals surface area contributed by atoms with Gasteiger partial charge in [-0.05, 0) is 54.6 Å². The number of carbonyl (C=O) groups is 1. The number of anilines is 1. The molecule has 0 aliphatic rings. The zero-order valence-corrected chi connectivity index (χ0v) is 18.7. The molecule has 5 aromatic rings. The van der Waals surface area contributed by atoms with Gasteiger partial charge in [-0.25, -0.2) is 4.98 Å². The SMILES string of the molecule is O=C(Nc1cccc(Oc2ccccc2)c1)c1ccc2nc(-c3c(Cl)cccc3Cl)[nH]c2c1. The number of aromatic nitrogens is 2. The highest BCUT2D eigenvalue weighted by Crippen LogP contribution is 2.34. The molecule has 0 fully saturated rings. The molecule has 162 valence electrons. The summed E-state index contributed by atoms with van der Waals surface area (Å²) in [6.45, 7) is 0. The van der Waals surface area contributed by atoms with E-state index in [-0.39, 0.29) is 5.91 Å². The number of halogens is 2. The molecule has 5 nitrogen and oxygen atoms in total. The van der Waals surface area contributed by atoms with E-state index in [1.807, 2.05) is 48.5 Å². The number of fused-ring (bicyclic) bond motifs is 1. The topological polar surface area (TPSA) is 67.0 Å². The zero-order chi connectivity index (χ0) is 22.8. The smallest absolute Gasteiger partial charge is 0.255 e. The Morgan fingerprint density at radius 2 is 1.55 bits per heavy atom. The lowest BCUT2D eigenvalue weighted by atomic mass is 10.2. The summed E-state index contributed by atoms with van der Waals surface area (Å²) in [6, 6.07) is 27.2. The van der Waals surface area contributed by atoms with Crippen molar-refractivity contribution in [1.29, 1.82) is 0 Å². The van der Waals surface area contributed by atoms with Gasteiger partial charge >= 0.3 is 0 Å². The van der Waals surface area contributed by atoms with E-state index >= 15 is 0 Å². The monoisotopic (exact) mass is 473 g/mol. The number of rotatable bonds is 5. The molecule has 0 saturated heterocycles. The average molecular weight is 474 g/mol. The van der Waals surface area contributed by atoms with E-state index in [0.717, 1.165) is 5.75 Å². The lowest BCUT2D eigenvalue weighted by Crippen LogP contribution is -2.11. The number of nitrogens with one attached hydrogen (secondary N) is 2. The Balaban J connectivity index is 1.37. The first-order chi connectivity index (χ1) is 16.1. The van der Waals surface area contributed by atoms with Crippen molar-refractivity contribution >= 4 is 45.8 Å². The summed E-state index contributed by atoms with van der Waals surface area (Å²) in [7, 11) is 0. The Labute approximate surface area is 200 Å². The fourth-order valence-electron chi connectivity index (χ4n) is 3.46. The van der Waals surface area contributed by atoms with E-state index in [1.54, 1.807) is 42.5 Å². The van der Waals surface area contributed by atoms with Gasteiger partial charge in [-0.1, -0.05) is 53.5 Å². The maximum Gasteiger partial charge on any atom is 0.255 e. The lowest BCUT2D eigenvalue weighted by molar-refractivity contribution is 0.102. The van der Waals surface area contributed by atoms with Gasteiger partial charge in [-0.15, -0.1) is 0 Å².